The minimum Gasteiger partial charge on any atom is -0.507 e. The summed E-state index contributed by atoms with van der Waals surface area (Å²) in [4.78, 5) is 82.0. The van der Waals surface area contributed by atoms with Gasteiger partial charge in [0.05, 0.1) is 0 Å². The number of benzene rings is 4. The highest BCUT2D eigenvalue weighted by molar-refractivity contribution is 5.97. The molecule has 4 atom stereocenters. The molecule has 5 amide bonds. The average molecular weight is 926 g/mol. The van der Waals surface area contributed by atoms with Gasteiger partial charge in [0.15, 0.2) is 0 Å². The highest BCUT2D eigenvalue weighted by atomic mass is 16.4. The number of carbonyl (C=O) groups is 6. The average Bonchev–Trinajstić information content (AvgIpc) is 3.31. The van der Waals surface area contributed by atoms with Crippen molar-refractivity contribution in [2.24, 2.45) is 23.7 Å². The first kappa shape index (κ1) is 47.8. The highest BCUT2D eigenvalue weighted by Crippen LogP contribution is 2.59. The van der Waals surface area contributed by atoms with Gasteiger partial charge in [0.1, 0.15) is 35.7 Å². The maximum atomic E-state index is 14.5. The van der Waals surface area contributed by atoms with Crippen molar-refractivity contribution in [3.63, 3.8) is 0 Å². The largest absolute Gasteiger partial charge is 0.507 e. The number of rotatable bonds is 14. The van der Waals surface area contributed by atoms with Crippen LogP contribution in [0.15, 0.2) is 84.9 Å². The van der Waals surface area contributed by atoms with Gasteiger partial charge < -0.3 is 41.5 Å². The lowest BCUT2D eigenvalue weighted by molar-refractivity contribution is -0.144. The monoisotopic (exact) mass is 925 g/mol. The summed E-state index contributed by atoms with van der Waals surface area (Å²) < 4.78 is 0. The second-order valence-corrected chi connectivity index (χ2v) is 19.6. The Morgan fingerprint density at radius 2 is 1.35 bits per heavy atom. The number of phenolic OH excluding ortho intramolecular Hbond substituents is 2. The second-order valence-electron chi connectivity index (χ2n) is 19.6. The van der Waals surface area contributed by atoms with Gasteiger partial charge in [0, 0.05) is 43.1 Å². The Kier molecular flexibility index (Phi) is 14.5. The molecule has 0 unspecified atom stereocenters. The number of likely N-dealkylation sites (N-methyl/N-ethyl adjacent to an activating group) is 1. The Bertz CT molecular complexity index is 2510. The summed E-state index contributed by atoms with van der Waals surface area (Å²) in [7, 11) is 1.40. The Morgan fingerprint density at radius 3 is 1.99 bits per heavy atom. The molecule has 9 rings (SSSR count). The first-order valence-corrected chi connectivity index (χ1v) is 24.2. The van der Waals surface area contributed by atoms with Gasteiger partial charge in [-0.25, -0.2) is 4.79 Å². The number of carbonyl (C=O) groups excluding carboxylic acids is 5. The maximum Gasteiger partial charge on any atom is 0.326 e. The van der Waals surface area contributed by atoms with E-state index in [-0.39, 0.29) is 59.9 Å². The molecule has 0 spiro atoms. The Hall–Kier alpha value is -6.70. The number of aromatic hydroxyl groups is 2. The van der Waals surface area contributed by atoms with Crippen molar-refractivity contribution < 1.29 is 44.1 Å². The molecule has 4 saturated carbocycles. The van der Waals surface area contributed by atoms with Crippen molar-refractivity contribution in [3.8, 4) is 33.8 Å². The zero-order valence-electron chi connectivity index (χ0n) is 39.0. The number of hydrogen-bond donors (Lipinski definition) is 7. The number of fused-ring (bicyclic) bond motifs is 5. The smallest absolute Gasteiger partial charge is 0.326 e. The molecule has 4 aromatic carbocycles. The van der Waals surface area contributed by atoms with Crippen molar-refractivity contribution in [2.45, 2.75) is 115 Å². The van der Waals surface area contributed by atoms with E-state index in [1.807, 2.05) is 19.1 Å². The molecule has 5 aliphatic rings. The van der Waals surface area contributed by atoms with Crippen LogP contribution in [0.25, 0.3) is 22.3 Å². The molecule has 7 N–H and O–H groups in total. The maximum absolute atomic E-state index is 14.5. The van der Waals surface area contributed by atoms with E-state index in [1.54, 1.807) is 12.1 Å². The molecule has 0 saturated heterocycles. The summed E-state index contributed by atoms with van der Waals surface area (Å²) in [5, 5.41) is 42.6. The number of phenols is 2. The van der Waals surface area contributed by atoms with E-state index in [0.717, 1.165) is 52.5 Å². The van der Waals surface area contributed by atoms with E-state index < -0.39 is 53.8 Å². The predicted octanol–water partition coefficient (Wildman–Crippen LogP) is 6.99. The normalized spacial score (nSPS) is 24.5. The molecule has 0 aromatic heterocycles. The third kappa shape index (κ3) is 10.5. The molecule has 1 aliphatic heterocycles. The molecular formula is C54H63N5O9. The molecule has 14 heteroatoms. The topological polar surface area (TPSA) is 214 Å². The number of unbranched alkanes of at least 4 members (excludes halogenated alkanes) is 2. The lowest BCUT2D eigenvalue weighted by Gasteiger charge is -2.54. The summed E-state index contributed by atoms with van der Waals surface area (Å²) >= 11 is 0. The number of carboxylic acid groups (broad SMARTS) is 1. The molecule has 68 heavy (non-hydrogen) atoms. The lowest BCUT2D eigenvalue weighted by atomic mass is 9.51. The van der Waals surface area contributed by atoms with Gasteiger partial charge in [-0.3, -0.25) is 24.0 Å². The van der Waals surface area contributed by atoms with Crippen LogP contribution in [0.1, 0.15) is 117 Å². The van der Waals surface area contributed by atoms with Crippen LogP contribution in [-0.2, 0) is 30.4 Å². The zero-order valence-corrected chi connectivity index (χ0v) is 39.0. The SMILES string of the molecule is CCCCC[C@H](NC(=O)CCNC(=O)c1ccc(-c2ccc(C3C4CC5CC(C4)CC3C5)cc2)cc1)C(=O)N(C)[C@@H]1C(=O)N[C@@H](C)C(=O)N[C@H](C(=O)O)Cc2ccc(O)c(c2)-c2cc1ccc2O. The van der Waals surface area contributed by atoms with Crippen LogP contribution in [0.3, 0.4) is 0 Å². The zero-order chi connectivity index (χ0) is 48.2. The first-order valence-electron chi connectivity index (χ1n) is 24.2. The molecule has 8 bridgehead atoms. The molecule has 4 fully saturated rings. The van der Waals surface area contributed by atoms with Gasteiger partial charge in [-0.1, -0.05) is 74.7 Å². The molecule has 4 aromatic rings. The van der Waals surface area contributed by atoms with Crippen molar-refractivity contribution in [1.29, 1.82) is 0 Å². The predicted molar refractivity (Wildman–Crippen MR) is 256 cm³/mol. The van der Waals surface area contributed by atoms with Gasteiger partial charge in [-0.15, -0.1) is 0 Å². The molecule has 0 radical (unpaired) electrons. The van der Waals surface area contributed by atoms with Crippen LogP contribution in [0, 0.1) is 23.7 Å². The van der Waals surface area contributed by atoms with E-state index in [1.165, 1.54) is 88.0 Å². The quantitative estimate of drug-likeness (QED) is 0.0649. The first-order chi connectivity index (χ1) is 32.7. The summed E-state index contributed by atoms with van der Waals surface area (Å²) in [5.74, 6) is -0.629. The van der Waals surface area contributed by atoms with Crippen LogP contribution in [0.5, 0.6) is 11.5 Å². The van der Waals surface area contributed by atoms with Crippen molar-refractivity contribution >= 4 is 35.5 Å². The van der Waals surface area contributed by atoms with Gasteiger partial charge in [-0.2, -0.15) is 0 Å². The number of amides is 5. The molecule has 14 nitrogen and oxygen atoms in total. The van der Waals surface area contributed by atoms with Gasteiger partial charge in [0.2, 0.25) is 23.6 Å². The third-order valence-electron chi connectivity index (χ3n) is 14.8. The number of hydrogen-bond acceptors (Lipinski definition) is 8. The number of nitrogens with zero attached hydrogens (tertiary/aromatic N) is 1. The summed E-state index contributed by atoms with van der Waals surface area (Å²) in [6, 6.07) is 19.8. The van der Waals surface area contributed by atoms with Crippen molar-refractivity contribution in [1.82, 2.24) is 26.2 Å². The minimum absolute atomic E-state index is 0.00227. The van der Waals surface area contributed by atoms with Crippen LogP contribution in [0.2, 0.25) is 0 Å². The fraction of sp³-hybridized carbons (Fsp3) is 0.444. The number of carboxylic acids is 1. The van der Waals surface area contributed by atoms with E-state index in [9.17, 15) is 44.1 Å². The standard InChI is InChI=1S/C54H63N5O9/c1-4-5-6-7-43(53(66)59(3)49-38-17-19-46(61)42(29-38)41-27-31(8-18-45(41)60)28-44(54(67)68)58-50(63)30(2)56-52(49)65)57-47(62)20-21-55-51(64)37-15-11-35(12-16-37)34-9-13-36(14-10-34)48-39-23-32-22-33(25-39)26-40(48)24-32/h8-19,27,29-30,32-33,39-40,43-44,48-49,60-61H,4-7,20-26,28H2,1-3H3,(H,55,64)(H,56,65)(H,57,62)(H,58,63)(H,67,68)/t30-,32?,33?,39?,40?,43-,44-,48?,49-/m0/s1. The van der Waals surface area contributed by atoms with Crippen LogP contribution in [0.4, 0.5) is 0 Å². The fourth-order valence-corrected chi connectivity index (χ4v) is 11.6. The van der Waals surface area contributed by atoms with Crippen LogP contribution < -0.4 is 21.3 Å². The van der Waals surface area contributed by atoms with Gasteiger partial charge in [0.25, 0.3) is 5.91 Å². The van der Waals surface area contributed by atoms with E-state index in [2.05, 4.69) is 45.5 Å². The Labute approximate surface area is 397 Å². The molecule has 4 aliphatic carbocycles. The van der Waals surface area contributed by atoms with E-state index in [4.69, 9.17) is 0 Å². The van der Waals surface area contributed by atoms with Crippen LogP contribution in [-0.4, -0.2) is 87.4 Å². The minimum atomic E-state index is -1.41. The van der Waals surface area contributed by atoms with Crippen molar-refractivity contribution in [2.75, 3.05) is 13.6 Å². The second kappa shape index (κ2) is 20.7. The number of nitrogens with one attached hydrogen (secondary N) is 4. The summed E-state index contributed by atoms with van der Waals surface area (Å²) in [6.07, 6.45) is 9.12. The third-order valence-corrected chi connectivity index (χ3v) is 14.8. The van der Waals surface area contributed by atoms with Crippen molar-refractivity contribution in [3.05, 3.63) is 107 Å². The lowest BCUT2D eigenvalue weighted by Crippen LogP contribution is -2.54. The van der Waals surface area contributed by atoms with E-state index >= 15 is 0 Å². The summed E-state index contributed by atoms with van der Waals surface area (Å²) in [6.45, 7) is 3.39. The van der Waals surface area contributed by atoms with E-state index in [0.29, 0.717) is 23.5 Å². The van der Waals surface area contributed by atoms with Gasteiger partial charge in [-0.05, 0) is 139 Å². The molecule has 358 valence electrons. The highest BCUT2D eigenvalue weighted by Gasteiger charge is 2.48. The summed E-state index contributed by atoms with van der Waals surface area (Å²) in [5.41, 5.74) is 4.92. The molecule has 1 heterocycles. The van der Waals surface area contributed by atoms with Crippen LogP contribution >= 0.6 is 0 Å². The Balaban J connectivity index is 0.924. The fourth-order valence-electron chi connectivity index (χ4n) is 11.6. The molecular weight excluding hydrogens is 863 g/mol. The number of aliphatic carboxylic acids is 1. The Morgan fingerprint density at radius 1 is 0.750 bits per heavy atom. The van der Waals surface area contributed by atoms with Gasteiger partial charge >= 0.3 is 5.97 Å².